The molecule has 0 aliphatic carbocycles. The van der Waals surface area contributed by atoms with Crippen LogP contribution in [0.2, 0.25) is 0 Å². The van der Waals surface area contributed by atoms with Gasteiger partial charge in [0.15, 0.2) is 5.82 Å². The molecule has 2 aromatic rings. The van der Waals surface area contributed by atoms with E-state index in [0.29, 0.717) is 22.8 Å². The van der Waals surface area contributed by atoms with Gasteiger partial charge in [-0.05, 0) is 31.9 Å². The second-order valence-corrected chi connectivity index (χ2v) is 7.49. The van der Waals surface area contributed by atoms with E-state index in [1.807, 2.05) is 17.6 Å². The van der Waals surface area contributed by atoms with Gasteiger partial charge >= 0.3 is 0 Å². The van der Waals surface area contributed by atoms with Crippen molar-refractivity contribution >= 4 is 33.4 Å². The first kappa shape index (κ1) is 14.0. The van der Waals surface area contributed by atoms with E-state index in [0.717, 1.165) is 18.4 Å². The number of rotatable bonds is 2. The van der Waals surface area contributed by atoms with Crippen LogP contribution in [-0.4, -0.2) is 25.3 Å². The summed E-state index contributed by atoms with van der Waals surface area (Å²) in [7, 11) is -0.719. The summed E-state index contributed by atoms with van der Waals surface area (Å²) in [6.45, 7) is 1.85. The number of nitrogens with zero attached hydrogens (tertiary/aromatic N) is 2. The zero-order valence-electron chi connectivity index (χ0n) is 11.2. The zero-order valence-corrected chi connectivity index (χ0v) is 12.8. The molecule has 1 aromatic carbocycles. The Morgan fingerprint density at radius 1 is 1.45 bits per heavy atom. The largest absolute Gasteiger partial charge is 0.323 e. The van der Waals surface area contributed by atoms with Gasteiger partial charge in [-0.2, -0.15) is 0 Å². The highest BCUT2D eigenvalue weighted by Crippen LogP contribution is 2.33. The van der Waals surface area contributed by atoms with Gasteiger partial charge in [0, 0.05) is 28.3 Å². The fourth-order valence-electron chi connectivity index (χ4n) is 2.80. The molecule has 0 saturated carbocycles. The Bertz CT molecular complexity index is 660. The summed E-state index contributed by atoms with van der Waals surface area (Å²) in [4.78, 5) is 4.39. The van der Waals surface area contributed by atoms with Crippen LogP contribution >= 0.6 is 11.6 Å². The number of imidazole rings is 1. The van der Waals surface area contributed by atoms with Crippen molar-refractivity contribution in [3.05, 3.63) is 29.8 Å². The lowest BCUT2D eigenvalue weighted by Crippen LogP contribution is -2.23. The molecule has 1 atom stereocenters. The summed E-state index contributed by atoms with van der Waals surface area (Å²) < 4.78 is 27.5. The Labute approximate surface area is 124 Å². The van der Waals surface area contributed by atoms with Gasteiger partial charge in [0.05, 0.1) is 10.9 Å². The second kappa shape index (κ2) is 5.45. The minimum absolute atomic E-state index is 0.204. The van der Waals surface area contributed by atoms with Gasteiger partial charge in [0.2, 0.25) is 0 Å². The van der Waals surface area contributed by atoms with Crippen molar-refractivity contribution in [2.45, 2.75) is 31.2 Å². The maximum Gasteiger partial charge on any atom is 0.151 e. The van der Waals surface area contributed by atoms with Gasteiger partial charge < -0.3 is 4.57 Å². The van der Waals surface area contributed by atoms with Crippen LogP contribution < -0.4 is 0 Å². The number of hydrogen-bond donors (Lipinski definition) is 0. The normalized spacial score (nSPS) is 24.9. The number of hydrogen-bond acceptors (Lipinski definition) is 2. The molecule has 0 spiro atoms. The van der Waals surface area contributed by atoms with Crippen molar-refractivity contribution in [2.24, 2.45) is 0 Å². The zero-order chi connectivity index (χ0) is 14.3. The first-order valence-electron chi connectivity index (χ1n) is 6.73. The number of benzene rings is 1. The van der Waals surface area contributed by atoms with Crippen LogP contribution in [0.15, 0.2) is 18.2 Å². The van der Waals surface area contributed by atoms with E-state index in [1.165, 1.54) is 6.07 Å². The molecule has 1 aliphatic rings. The third kappa shape index (κ3) is 2.37. The maximum atomic E-state index is 13.9. The smallest absolute Gasteiger partial charge is 0.151 e. The fourth-order valence-corrected chi connectivity index (χ4v) is 4.23. The summed E-state index contributed by atoms with van der Waals surface area (Å²) in [5.74, 6) is 1.76. The molecule has 0 bridgehead atoms. The molecule has 0 radical (unpaired) electrons. The van der Waals surface area contributed by atoms with Crippen LogP contribution in [0, 0.1) is 5.82 Å². The first-order valence-corrected chi connectivity index (χ1v) is 8.65. The highest BCUT2D eigenvalue weighted by molar-refractivity contribution is 7.85. The van der Waals surface area contributed by atoms with E-state index in [2.05, 4.69) is 4.98 Å². The number of para-hydroxylation sites is 1. The Morgan fingerprint density at radius 3 is 2.80 bits per heavy atom. The summed E-state index contributed by atoms with van der Waals surface area (Å²) in [6, 6.07) is 5.19. The van der Waals surface area contributed by atoms with Crippen LogP contribution in [0.4, 0.5) is 4.39 Å². The van der Waals surface area contributed by atoms with Gasteiger partial charge in [-0.15, -0.1) is 11.6 Å². The van der Waals surface area contributed by atoms with E-state index in [1.54, 1.807) is 6.07 Å². The van der Waals surface area contributed by atoms with E-state index < -0.39 is 10.8 Å². The standard InChI is InChI=1S/C14H16ClFN2OS/c1-9(15)14-17-13-11(16)3-2-4-12(13)18(14)10-5-7-20(19)8-6-10/h2-4,9-10H,5-8H2,1H3. The lowest BCUT2D eigenvalue weighted by atomic mass is 10.1. The molecular weight excluding hydrogens is 299 g/mol. The Kier molecular flexibility index (Phi) is 3.82. The third-order valence-corrected chi connectivity index (χ3v) is 5.35. The van der Waals surface area contributed by atoms with Crippen molar-refractivity contribution < 1.29 is 8.60 Å². The molecule has 0 N–H and O–H groups in total. The first-order chi connectivity index (χ1) is 9.58. The van der Waals surface area contributed by atoms with Gasteiger partial charge in [-0.25, -0.2) is 9.37 Å². The molecule has 20 heavy (non-hydrogen) atoms. The average molecular weight is 315 g/mol. The number of alkyl halides is 1. The molecular formula is C14H16ClFN2OS. The van der Waals surface area contributed by atoms with E-state index >= 15 is 0 Å². The van der Waals surface area contributed by atoms with Crippen molar-refractivity contribution in [1.82, 2.24) is 9.55 Å². The highest BCUT2D eigenvalue weighted by atomic mass is 35.5. The number of fused-ring (bicyclic) bond motifs is 1. The van der Waals surface area contributed by atoms with E-state index in [-0.39, 0.29) is 17.2 Å². The van der Waals surface area contributed by atoms with Crippen molar-refractivity contribution in [2.75, 3.05) is 11.5 Å². The Balaban J connectivity index is 2.14. The van der Waals surface area contributed by atoms with Gasteiger partial charge in [0.1, 0.15) is 11.3 Å². The molecule has 0 amide bonds. The number of halogens is 2. The molecule has 1 aromatic heterocycles. The predicted molar refractivity (Wildman–Crippen MR) is 80.1 cm³/mol. The predicted octanol–water partition coefficient (Wildman–Crippen LogP) is 3.56. The van der Waals surface area contributed by atoms with Crippen molar-refractivity contribution in [3.8, 4) is 0 Å². The van der Waals surface area contributed by atoms with Crippen LogP contribution in [0.25, 0.3) is 11.0 Å². The molecule has 1 fully saturated rings. The minimum Gasteiger partial charge on any atom is -0.323 e. The minimum atomic E-state index is -0.719. The molecule has 3 nitrogen and oxygen atoms in total. The lowest BCUT2D eigenvalue weighted by molar-refractivity contribution is 0.457. The van der Waals surface area contributed by atoms with Crippen LogP contribution in [0.3, 0.4) is 0 Å². The molecule has 3 rings (SSSR count). The summed E-state index contributed by atoms with van der Waals surface area (Å²) in [6.07, 6.45) is 1.65. The van der Waals surface area contributed by atoms with Gasteiger partial charge in [0.25, 0.3) is 0 Å². The molecule has 1 aliphatic heterocycles. The molecule has 6 heteroatoms. The highest BCUT2D eigenvalue weighted by Gasteiger charge is 2.26. The molecule has 2 heterocycles. The van der Waals surface area contributed by atoms with Crippen LogP contribution in [0.1, 0.15) is 37.0 Å². The Hall–Kier alpha value is -0.940. The van der Waals surface area contributed by atoms with Crippen LogP contribution in [-0.2, 0) is 10.8 Å². The molecule has 1 saturated heterocycles. The fraction of sp³-hybridized carbons (Fsp3) is 0.500. The van der Waals surface area contributed by atoms with Crippen molar-refractivity contribution in [1.29, 1.82) is 0 Å². The van der Waals surface area contributed by atoms with Gasteiger partial charge in [-0.1, -0.05) is 6.07 Å². The second-order valence-electron chi connectivity index (χ2n) is 5.14. The van der Waals surface area contributed by atoms with E-state index in [4.69, 9.17) is 11.6 Å². The monoisotopic (exact) mass is 314 g/mol. The SMILES string of the molecule is CC(Cl)c1nc2c(F)cccc2n1C1CCS(=O)CC1. The third-order valence-electron chi connectivity index (χ3n) is 3.78. The van der Waals surface area contributed by atoms with E-state index in [9.17, 15) is 8.60 Å². The quantitative estimate of drug-likeness (QED) is 0.794. The molecule has 1 unspecified atom stereocenters. The maximum absolute atomic E-state index is 13.9. The summed E-state index contributed by atoms with van der Waals surface area (Å²) in [5.41, 5.74) is 1.16. The van der Waals surface area contributed by atoms with Gasteiger partial charge in [-0.3, -0.25) is 4.21 Å². The van der Waals surface area contributed by atoms with Crippen molar-refractivity contribution in [3.63, 3.8) is 0 Å². The topological polar surface area (TPSA) is 34.9 Å². The molecule has 108 valence electrons. The number of aromatic nitrogens is 2. The Morgan fingerprint density at radius 2 is 2.15 bits per heavy atom. The van der Waals surface area contributed by atoms with Crippen LogP contribution in [0.5, 0.6) is 0 Å². The lowest BCUT2D eigenvalue weighted by Gasteiger charge is -2.25. The summed E-state index contributed by atoms with van der Waals surface area (Å²) >= 11 is 6.21. The summed E-state index contributed by atoms with van der Waals surface area (Å²) in [5, 5.41) is -0.283. The average Bonchev–Trinajstić information content (AvgIpc) is 2.81.